The van der Waals surface area contributed by atoms with Crippen molar-refractivity contribution in [3.63, 3.8) is 0 Å². The largest absolute Gasteiger partial charge is 0.464 e. The third-order valence-corrected chi connectivity index (χ3v) is 13.0. The summed E-state index contributed by atoms with van der Waals surface area (Å²) in [4.78, 5) is 5.11. The molecule has 0 saturated heterocycles. The summed E-state index contributed by atoms with van der Waals surface area (Å²) in [7, 11) is 0. The molecule has 2 aliphatic rings. The molecule has 0 N–H and O–H groups in total. The zero-order valence-corrected chi connectivity index (χ0v) is 37.3. The maximum absolute atomic E-state index is 6.10. The van der Waals surface area contributed by atoms with Crippen LogP contribution in [0.2, 0.25) is 0 Å². The highest BCUT2D eigenvalue weighted by atomic mass is 16.3. The highest BCUT2D eigenvalue weighted by molar-refractivity contribution is 7.00. The SMILES string of the molecule is Cc1cc2c3c(c1)N(c1ccc(-c4coc5ccccc45)cc1-c1ccccc1)c1ccc(C(C)(C)C)cc1B3c1cc(C(C)(C)C)ccc1N2c1ccc(C(C)(C)C)cc1. The zero-order valence-electron chi connectivity index (χ0n) is 37.3. The number of fused-ring (bicyclic) bond motifs is 5. The molecule has 0 unspecified atom stereocenters. The summed E-state index contributed by atoms with van der Waals surface area (Å²) in [6, 6.07) is 54.9. The van der Waals surface area contributed by atoms with Gasteiger partial charge in [-0.2, -0.15) is 0 Å². The molecule has 3 heterocycles. The van der Waals surface area contributed by atoms with Crippen LogP contribution in [0.25, 0.3) is 33.2 Å². The van der Waals surface area contributed by atoms with Crippen LogP contribution in [0.4, 0.5) is 34.1 Å². The van der Waals surface area contributed by atoms with Gasteiger partial charge in [0.05, 0.1) is 12.0 Å². The van der Waals surface area contributed by atoms with Crippen molar-refractivity contribution in [2.75, 3.05) is 9.80 Å². The van der Waals surface area contributed by atoms with Crippen LogP contribution in [-0.4, -0.2) is 6.71 Å². The van der Waals surface area contributed by atoms with E-state index < -0.39 is 0 Å². The van der Waals surface area contributed by atoms with Crippen molar-refractivity contribution >= 4 is 68.2 Å². The van der Waals surface area contributed by atoms with Crippen molar-refractivity contribution in [2.24, 2.45) is 0 Å². The van der Waals surface area contributed by atoms with E-state index >= 15 is 0 Å². The normalized spacial score (nSPS) is 13.6. The predicted molar refractivity (Wildman–Crippen MR) is 262 cm³/mol. The minimum Gasteiger partial charge on any atom is -0.464 e. The molecule has 4 heteroatoms. The van der Waals surface area contributed by atoms with Crippen LogP contribution in [0.1, 0.15) is 84.6 Å². The van der Waals surface area contributed by atoms with E-state index in [2.05, 4.69) is 212 Å². The van der Waals surface area contributed by atoms with Gasteiger partial charge in [0.1, 0.15) is 5.58 Å². The standard InChI is InChI=1S/C57H55BN2O/c1-36-30-51-54-52(31-36)60(48-27-20-38(32-44(48)37-16-12-11-13-17-37)45-35-61-53-19-15-14-18-43(45)53)50-29-24-41(57(8,9)10)34-47(50)58(54)46-33-40(56(5,6)7)23-28-49(46)59(51)42-25-21-39(22-26-42)55(2,3)4/h11-35H,1-10H3. The molecule has 2 aliphatic heterocycles. The van der Waals surface area contributed by atoms with Gasteiger partial charge in [-0.25, -0.2) is 0 Å². The molecule has 1 aromatic heterocycles. The highest BCUT2D eigenvalue weighted by Crippen LogP contribution is 2.49. The maximum atomic E-state index is 6.10. The van der Waals surface area contributed by atoms with Crippen molar-refractivity contribution in [3.8, 4) is 22.3 Å². The summed E-state index contributed by atoms with van der Waals surface area (Å²) in [5.41, 5.74) is 22.0. The van der Waals surface area contributed by atoms with Gasteiger partial charge >= 0.3 is 0 Å². The van der Waals surface area contributed by atoms with Gasteiger partial charge in [-0.1, -0.05) is 153 Å². The number of para-hydroxylation sites is 1. The topological polar surface area (TPSA) is 19.6 Å². The Hall–Kier alpha value is -6.26. The Kier molecular flexibility index (Phi) is 8.86. The Morgan fingerprint density at radius 2 is 0.984 bits per heavy atom. The van der Waals surface area contributed by atoms with Gasteiger partial charge in [-0.05, 0) is 128 Å². The van der Waals surface area contributed by atoms with E-state index in [1.54, 1.807) is 0 Å². The number of rotatable bonds is 4. The fourth-order valence-electron chi connectivity index (χ4n) is 9.67. The molecular weight excluding hydrogens is 739 g/mol. The Morgan fingerprint density at radius 1 is 0.443 bits per heavy atom. The molecule has 0 amide bonds. The molecule has 0 saturated carbocycles. The van der Waals surface area contributed by atoms with Gasteiger partial charge < -0.3 is 14.2 Å². The second-order valence-corrected chi connectivity index (χ2v) is 20.4. The lowest BCUT2D eigenvalue weighted by Gasteiger charge is -2.45. The van der Waals surface area contributed by atoms with E-state index in [4.69, 9.17) is 4.42 Å². The van der Waals surface area contributed by atoms with Crippen LogP contribution in [0.5, 0.6) is 0 Å². The quantitative estimate of drug-likeness (QED) is 0.165. The summed E-state index contributed by atoms with van der Waals surface area (Å²) in [6.07, 6.45) is 1.91. The third kappa shape index (κ3) is 6.50. The molecule has 0 atom stereocenters. The molecule has 0 fully saturated rings. The predicted octanol–water partition coefficient (Wildman–Crippen LogP) is 14.1. The monoisotopic (exact) mass is 794 g/mol. The average molecular weight is 795 g/mol. The number of aryl methyl sites for hydroxylation is 1. The summed E-state index contributed by atoms with van der Waals surface area (Å²) < 4.78 is 6.10. The lowest BCUT2D eigenvalue weighted by atomic mass is 9.33. The summed E-state index contributed by atoms with van der Waals surface area (Å²) in [6.45, 7) is 23.1. The highest BCUT2D eigenvalue weighted by Gasteiger charge is 2.44. The Labute approximate surface area is 362 Å². The summed E-state index contributed by atoms with van der Waals surface area (Å²) >= 11 is 0. The van der Waals surface area contributed by atoms with E-state index in [0.29, 0.717) is 0 Å². The molecule has 0 spiro atoms. The van der Waals surface area contributed by atoms with Crippen molar-refractivity contribution in [1.82, 2.24) is 0 Å². The van der Waals surface area contributed by atoms with E-state index in [9.17, 15) is 0 Å². The molecule has 0 radical (unpaired) electrons. The third-order valence-electron chi connectivity index (χ3n) is 13.0. The number of hydrogen-bond acceptors (Lipinski definition) is 3. The van der Waals surface area contributed by atoms with Crippen LogP contribution in [0, 0.1) is 6.92 Å². The van der Waals surface area contributed by atoms with Gasteiger partial charge in [0.25, 0.3) is 6.71 Å². The van der Waals surface area contributed by atoms with Gasteiger partial charge in [0, 0.05) is 45.0 Å². The second kappa shape index (κ2) is 13.9. The van der Waals surface area contributed by atoms with E-state index in [1.807, 2.05) is 18.4 Å². The van der Waals surface area contributed by atoms with Gasteiger partial charge in [-0.15, -0.1) is 0 Å². The Morgan fingerprint density at radius 3 is 1.61 bits per heavy atom. The number of furan rings is 1. The van der Waals surface area contributed by atoms with Gasteiger partial charge in [0.15, 0.2) is 0 Å². The van der Waals surface area contributed by atoms with Crippen LogP contribution in [0.15, 0.2) is 156 Å². The molecule has 7 aromatic carbocycles. The van der Waals surface area contributed by atoms with Crippen LogP contribution >= 0.6 is 0 Å². The minimum absolute atomic E-state index is 0.0198. The molecule has 8 aromatic rings. The second-order valence-electron chi connectivity index (χ2n) is 20.4. The van der Waals surface area contributed by atoms with Crippen molar-refractivity contribution in [1.29, 1.82) is 0 Å². The Balaban J connectivity index is 1.29. The first-order valence-electron chi connectivity index (χ1n) is 21.9. The molecule has 10 rings (SSSR count). The maximum Gasteiger partial charge on any atom is 0.252 e. The molecular formula is C57H55BN2O. The van der Waals surface area contributed by atoms with Gasteiger partial charge in [0.2, 0.25) is 0 Å². The van der Waals surface area contributed by atoms with Crippen molar-refractivity contribution in [3.05, 3.63) is 174 Å². The van der Waals surface area contributed by atoms with E-state index in [1.165, 1.54) is 78.2 Å². The average Bonchev–Trinajstić information content (AvgIpc) is 3.67. The molecule has 61 heavy (non-hydrogen) atoms. The molecule has 302 valence electrons. The summed E-state index contributed by atoms with van der Waals surface area (Å²) in [5.74, 6) is 0. The van der Waals surface area contributed by atoms with Crippen LogP contribution in [-0.2, 0) is 16.2 Å². The van der Waals surface area contributed by atoms with Crippen LogP contribution < -0.4 is 26.2 Å². The van der Waals surface area contributed by atoms with E-state index in [-0.39, 0.29) is 23.0 Å². The smallest absolute Gasteiger partial charge is 0.252 e. The van der Waals surface area contributed by atoms with E-state index in [0.717, 1.165) is 27.8 Å². The number of nitrogens with zero attached hydrogens (tertiary/aromatic N) is 2. The number of anilines is 6. The minimum atomic E-state index is -0.0357. The van der Waals surface area contributed by atoms with Crippen LogP contribution in [0.3, 0.4) is 0 Å². The number of hydrogen-bond donors (Lipinski definition) is 0. The molecule has 0 bridgehead atoms. The zero-order chi connectivity index (χ0) is 42.6. The Bertz CT molecular complexity index is 2990. The van der Waals surface area contributed by atoms with Crippen molar-refractivity contribution in [2.45, 2.75) is 85.5 Å². The lowest BCUT2D eigenvalue weighted by molar-refractivity contribution is 0.590. The fourth-order valence-corrected chi connectivity index (χ4v) is 9.67. The number of benzene rings is 7. The van der Waals surface area contributed by atoms with Crippen molar-refractivity contribution < 1.29 is 4.42 Å². The lowest BCUT2D eigenvalue weighted by Crippen LogP contribution is -2.61. The van der Waals surface area contributed by atoms with Gasteiger partial charge in [-0.3, -0.25) is 0 Å². The first-order chi connectivity index (χ1) is 29.1. The molecule has 3 nitrogen and oxygen atoms in total. The molecule has 0 aliphatic carbocycles. The first-order valence-corrected chi connectivity index (χ1v) is 21.9. The fraction of sp³-hybridized carbons (Fsp3) is 0.228. The first kappa shape index (κ1) is 38.9. The summed E-state index contributed by atoms with van der Waals surface area (Å²) in [5, 5.41) is 1.12.